The van der Waals surface area contributed by atoms with E-state index in [1.54, 1.807) is 18.5 Å². The van der Waals surface area contributed by atoms with Crippen LogP contribution in [-0.2, 0) is 0 Å². The number of Topliss-reactive ketones (excluding diaryl/α,β-unsaturated/α-hetero) is 1. The van der Waals surface area contributed by atoms with Crippen LogP contribution in [0.15, 0.2) is 18.5 Å². The average molecular weight is 219 g/mol. The summed E-state index contributed by atoms with van der Waals surface area (Å²) in [5.74, 6) is 0.617. The molecule has 0 spiro atoms. The number of hydrogen-bond donors (Lipinski definition) is 2. The molecule has 1 aromatic heterocycles. The van der Waals surface area contributed by atoms with Gasteiger partial charge in [-0.15, -0.1) is 0 Å². The Bertz CT molecular complexity index is 372. The molecule has 0 aliphatic carbocycles. The highest BCUT2D eigenvalue weighted by molar-refractivity contribution is 6.00. The van der Waals surface area contributed by atoms with Gasteiger partial charge < -0.3 is 11.1 Å². The van der Waals surface area contributed by atoms with Crippen LogP contribution in [0.4, 0.5) is 5.69 Å². The van der Waals surface area contributed by atoms with Gasteiger partial charge in [0.15, 0.2) is 5.78 Å². The molecule has 0 radical (unpaired) electrons. The van der Waals surface area contributed by atoms with Gasteiger partial charge in [0.1, 0.15) is 0 Å². The van der Waals surface area contributed by atoms with E-state index in [2.05, 4.69) is 10.3 Å². The van der Waals surface area contributed by atoms with Gasteiger partial charge in [0.25, 0.3) is 0 Å². The molecule has 2 heterocycles. The molecule has 1 saturated heterocycles. The largest absolute Gasteiger partial charge is 0.398 e. The first-order valence-electron chi connectivity index (χ1n) is 5.71. The van der Waals surface area contributed by atoms with Gasteiger partial charge in [-0.2, -0.15) is 0 Å². The number of nitrogens with one attached hydrogen (secondary N) is 1. The van der Waals surface area contributed by atoms with Crippen LogP contribution in [0, 0.1) is 5.92 Å². The molecule has 0 bridgehead atoms. The van der Waals surface area contributed by atoms with E-state index >= 15 is 0 Å². The molecular weight excluding hydrogens is 202 g/mol. The Morgan fingerprint density at radius 1 is 1.50 bits per heavy atom. The second-order valence-electron chi connectivity index (χ2n) is 4.28. The summed E-state index contributed by atoms with van der Waals surface area (Å²) in [6.07, 6.45) is 5.92. The van der Waals surface area contributed by atoms with Gasteiger partial charge in [-0.3, -0.25) is 9.78 Å². The molecule has 86 valence electrons. The van der Waals surface area contributed by atoms with Crippen molar-refractivity contribution < 1.29 is 4.79 Å². The van der Waals surface area contributed by atoms with Crippen molar-refractivity contribution >= 4 is 11.5 Å². The first-order valence-corrected chi connectivity index (χ1v) is 5.71. The highest BCUT2D eigenvalue weighted by atomic mass is 16.1. The van der Waals surface area contributed by atoms with Crippen molar-refractivity contribution in [3.05, 3.63) is 24.0 Å². The van der Waals surface area contributed by atoms with E-state index in [1.807, 2.05) is 0 Å². The van der Waals surface area contributed by atoms with Gasteiger partial charge in [-0.1, -0.05) is 0 Å². The predicted octanol–water partition coefficient (Wildman–Crippen LogP) is 1.24. The maximum absolute atomic E-state index is 12.0. The molecule has 1 aromatic rings. The van der Waals surface area contributed by atoms with Crippen molar-refractivity contribution in [3.63, 3.8) is 0 Å². The number of nitrogen functional groups attached to an aromatic ring is 1. The molecule has 0 amide bonds. The number of piperidine rings is 1. The maximum Gasteiger partial charge on any atom is 0.166 e. The smallest absolute Gasteiger partial charge is 0.166 e. The number of aromatic nitrogens is 1. The minimum absolute atomic E-state index is 0.123. The van der Waals surface area contributed by atoms with Crippen LogP contribution in [0.5, 0.6) is 0 Å². The minimum Gasteiger partial charge on any atom is -0.398 e. The van der Waals surface area contributed by atoms with Crippen molar-refractivity contribution in [2.24, 2.45) is 5.92 Å². The highest BCUT2D eigenvalue weighted by Crippen LogP contribution is 2.20. The molecule has 1 aliphatic rings. The van der Waals surface area contributed by atoms with E-state index < -0.39 is 0 Å². The average Bonchev–Trinajstić information content (AvgIpc) is 2.31. The van der Waals surface area contributed by atoms with E-state index in [-0.39, 0.29) is 5.78 Å². The van der Waals surface area contributed by atoms with Gasteiger partial charge in [-0.05, 0) is 37.9 Å². The van der Waals surface area contributed by atoms with Crippen LogP contribution in [0.1, 0.15) is 29.6 Å². The summed E-state index contributed by atoms with van der Waals surface area (Å²) in [5, 5.41) is 3.29. The predicted molar refractivity (Wildman–Crippen MR) is 63.2 cm³/mol. The Kier molecular flexibility index (Phi) is 3.51. The Morgan fingerprint density at radius 2 is 2.25 bits per heavy atom. The lowest BCUT2D eigenvalue weighted by Gasteiger charge is -2.21. The zero-order valence-corrected chi connectivity index (χ0v) is 9.28. The van der Waals surface area contributed by atoms with Crippen LogP contribution < -0.4 is 11.1 Å². The molecule has 3 N–H and O–H groups in total. The first kappa shape index (κ1) is 11.1. The number of pyridine rings is 1. The van der Waals surface area contributed by atoms with Crippen molar-refractivity contribution in [3.8, 4) is 0 Å². The number of nitrogens with two attached hydrogens (primary N) is 1. The Morgan fingerprint density at radius 3 is 2.94 bits per heavy atom. The molecule has 4 nitrogen and oxygen atoms in total. The van der Waals surface area contributed by atoms with Gasteiger partial charge in [0, 0.05) is 24.5 Å². The monoisotopic (exact) mass is 219 g/mol. The Labute approximate surface area is 95.3 Å². The number of hydrogen-bond acceptors (Lipinski definition) is 4. The summed E-state index contributed by atoms with van der Waals surface area (Å²) in [5.41, 5.74) is 6.86. The third kappa shape index (κ3) is 2.58. The number of carbonyl (C=O) groups excluding carboxylic acids is 1. The zero-order valence-electron chi connectivity index (χ0n) is 9.28. The lowest BCUT2D eigenvalue weighted by molar-refractivity contribution is 0.0953. The Hall–Kier alpha value is -1.42. The van der Waals surface area contributed by atoms with Crippen LogP contribution in [0.2, 0.25) is 0 Å². The molecule has 1 fully saturated rings. The minimum atomic E-state index is 0.123. The van der Waals surface area contributed by atoms with Crippen molar-refractivity contribution in [2.45, 2.75) is 19.3 Å². The van der Waals surface area contributed by atoms with Crippen LogP contribution >= 0.6 is 0 Å². The topological polar surface area (TPSA) is 68.0 Å². The summed E-state index contributed by atoms with van der Waals surface area (Å²) in [6, 6.07) is 1.68. The SMILES string of the molecule is Nc1ccncc1C(=O)CC1CCNCC1. The fourth-order valence-electron chi connectivity index (χ4n) is 2.10. The van der Waals surface area contributed by atoms with Gasteiger partial charge in [0.05, 0.1) is 5.56 Å². The number of nitrogens with zero attached hydrogens (tertiary/aromatic N) is 1. The number of ketones is 1. The molecule has 0 saturated carbocycles. The van der Waals surface area contributed by atoms with Crippen molar-refractivity contribution in [1.82, 2.24) is 10.3 Å². The van der Waals surface area contributed by atoms with Crippen LogP contribution in [0.3, 0.4) is 0 Å². The second-order valence-corrected chi connectivity index (χ2v) is 4.28. The molecule has 2 rings (SSSR count). The van der Waals surface area contributed by atoms with Gasteiger partial charge >= 0.3 is 0 Å². The van der Waals surface area contributed by atoms with E-state index in [9.17, 15) is 4.79 Å². The number of rotatable bonds is 3. The first-order chi connectivity index (χ1) is 7.77. The highest BCUT2D eigenvalue weighted by Gasteiger charge is 2.18. The third-order valence-corrected chi connectivity index (χ3v) is 3.09. The van der Waals surface area contributed by atoms with E-state index in [0.29, 0.717) is 23.6 Å². The number of anilines is 1. The summed E-state index contributed by atoms with van der Waals surface area (Å²) in [6.45, 7) is 2.03. The molecule has 4 heteroatoms. The lowest BCUT2D eigenvalue weighted by atomic mass is 9.91. The van der Waals surface area contributed by atoms with Crippen LogP contribution in [-0.4, -0.2) is 23.9 Å². The number of carbonyl (C=O) groups is 1. The molecule has 16 heavy (non-hydrogen) atoms. The summed E-state index contributed by atoms with van der Waals surface area (Å²) >= 11 is 0. The molecular formula is C12H17N3O. The van der Waals surface area contributed by atoms with Gasteiger partial charge in [-0.25, -0.2) is 0 Å². The van der Waals surface area contributed by atoms with Crippen LogP contribution in [0.25, 0.3) is 0 Å². The van der Waals surface area contributed by atoms with E-state index in [4.69, 9.17) is 5.73 Å². The summed E-state index contributed by atoms with van der Waals surface area (Å²) < 4.78 is 0. The normalized spacial score (nSPS) is 17.2. The molecule has 0 atom stereocenters. The maximum atomic E-state index is 12.0. The quantitative estimate of drug-likeness (QED) is 0.750. The van der Waals surface area contributed by atoms with Crippen molar-refractivity contribution in [2.75, 3.05) is 18.8 Å². The lowest BCUT2D eigenvalue weighted by Crippen LogP contribution is -2.29. The molecule has 1 aliphatic heterocycles. The molecule has 0 aromatic carbocycles. The molecule has 0 unspecified atom stereocenters. The fraction of sp³-hybridized carbons (Fsp3) is 0.500. The van der Waals surface area contributed by atoms with Crippen molar-refractivity contribution in [1.29, 1.82) is 0 Å². The van der Waals surface area contributed by atoms with E-state index in [1.165, 1.54) is 0 Å². The summed E-state index contributed by atoms with van der Waals surface area (Å²) in [4.78, 5) is 15.9. The van der Waals surface area contributed by atoms with E-state index in [0.717, 1.165) is 25.9 Å². The second kappa shape index (κ2) is 5.07. The fourth-order valence-corrected chi connectivity index (χ4v) is 2.10. The third-order valence-electron chi connectivity index (χ3n) is 3.09. The zero-order chi connectivity index (χ0) is 11.4. The standard InChI is InChI=1S/C12H17N3O/c13-11-3-6-15-8-10(11)12(16)7-9-1-4-14-5-2-9/h3,6,8-9,14H,1-2,4-5,7H2,(H2,13,15). The Balaban J connectivity index is 2.00. The summed E-state index contributed by atoms with van der Waals surface area (Å²) in [7, 11) is 0. The van der Waals surface area contributed by atoms with Gasteiger partial charge in [0.2, 0.25) is 0 Å².